The maximum atomic E-state index is 14.3. The molecule has 5 N–H and O–H groups in total. The van der Waals surface area contributed by atoms with E-state index in [-0.39, 0.29) is 17.9 Å². The second-order valence-corrected chi connectivity index (χ2v) is 11.9. The third-order valence-corrected chi connectivity index (χ3v) is 6.96. The van der Waals surface area contributed by atoms with Gasteiger partial charge in [0.05, 0.1) is 6.42 Å². The fraction of sp³-hybridized carbons (Fsp3) is 0.515. The van der Waals surface area contributed by atoms with Crippen molar-refractivity contribution < 1.29 is 29.0 Å². The van der Waals surface area contributed by atoms with E-state index in [9.17, 15) is 24.3 Å². The van der Waals surface area contributed by atoms with Gasteiger partial charge in [-0.3, -0.25) is 14.4 Å². The minimum absolute atomic E-state index is 0.125. The molecular weight excluding hydrogens is 548 g/mol. The molecule has 2 rings (SSSR count). The first kappa shape index (κ1) is 35.1. The molecule has 0 fully saturated rings. The molecule has 10 nitrogen and oxygen atoms in total. The maximum absolute atomic E-state index is 14.3. The molecule has 2 aromatic carbocycles. The lowest BCUT2D eigenvalue weighted by Crippen LogP contribution is -2.53. The van der Waals surface area contributed by atoms with Gasteiger partial charge in [0, 0.05) is 17.8 Å². The van der Waals surface area contributed by atoms with Crippen LogP contribution in [0.5, 0.6) is 5.75 Å². The van der Waals surface area contributed by atoms with E-state index in [1.165, 1.54) is 4.90 Å². The van der Waals surface area contributed by atoms with Gasteiger partial charge in [-0.1, -0.05) is 75.4 Å². The number of aromatic hydroxyl groups is 1. The van der Waals surface area contributed by atoms with Gasteiger partial charge in [0.2, 0.25) is 11.8 Å². The summed E-state index contributed by atoms with van der Waals surface area (Å²) in [5.41, 5.74) is 6.75. The number of primary amides is 1. The Balaban J connectivity index is 2.59. The van der Waals surface area contributed by atoms with Crippen molar-refractivity contribution in [3.8, 4) is 5.75 Å². The lowest BCUT2D eigenvalue weighted by atomic mass is 9.98. The van der Waals surface area contributed by atoms with Crippen molar-refractivity contribution in [3.05, 3.63) is 59.2 Å². The third-order valence-electron chi connectivity index (χ3n) is 6.96. The summed E-state index contributed by atoms with van der Waals surface area (Å²) in [7, 11) is 0. The third kappa shape index (κ3) is 11.3. The van der Waals surface area contributed by atoms with Gasteiger partial charge < -0.3 is 31.1 Å². The second-order valence-electron chi connectivity index (χ2n) is 11.9. The van der Waals surface area contributed by atoms with Crippen LogP contribution in [0.3, 0.4) is 0 Å². The van der Waals surface area contributed by atoms with Crippen LogP contribution in [0.25, 0.3) is 0 Å². The molecule has 0 saturated carbocycles. The van der Waals surface area contributed by atoms with Gasteiger partial charge in [-0.05, 0) is 58.2 Å². The van der Waals surface area contributed by atoms with Gasteiger partial charge >= 0.3 is 6.09 Å². The van der Waals surface area contributed by atoms with Gasteiger partial charge in [0.25, 0.3) is 5.91 Å². The van der Waals surface area contributed by atoms with E-state index in [1.54, 1.807) is 58.0 Å². The number of rotatable bonds is 15. The van der Waals surface area contributed by atoms with E-state index < -0.39 is 47.9 Å². The summed E-state index contributed by atoms with van der Waals surface area (Å²) in [5.74, 6) is -2.18. The highest BCUT2D eigenvalue weighted by Crippen LogP contribution is 2.34. The molecule has 2 aromatic rings. The number of benzene rings is 2. The molecule has 0 saturated heterocycles. The molecule has 10 heteroatoms. The summed E-state index contributed by atoms with van der Waals surface area (Å²) >= 11 is 0. The first-order valence-electron chi connectivity index (χ1n) is 15.0. The van der Waals surface area contributed by atoms with Crippen LogP contribution in [0.2, 0.25) is 0 Å². The largest absolute Gasteiger partial charge is 0.507 e. The Kier molecular flexibility index (Phi) is 13.5. The van der Waals surface area contributed by atoms with Crippen LogP contribution in [0, 0.1) is 13.8 Å². The van der Waals surface area contributed by atoms with Crippen molar-refractivity contribution in [2.45, 2.75) is 104 Å². The number of phenolic OH excluding ortho intramolecular Hbond substituents is 1. The van der Waals surface area contributed by atoms with E-state index >= 15 is 0 Å². The number of phenols is 1. The Hall–Kier alpha value is -4.08. The number of alkyl carbamates (subject to hydrolysis) is 1. The first-order valence-corrected chi connectivity index (χ1v) is 15.0. The molecule has 0 bridgehead atoms. The summed E-state index contributed by atoms with van der Waals surface area (Å²) in [6.07, 6.45) is 4.15. The average molecular weight is 597 g/mol. The minimum Gasteiger partial charge on any atom is -0.507 e. The lowest BCUT2D eigenvalue weighted by molar-refractivity contribution is -0.142. The molecule has 0 aliphatic heterocycles. The summed E-state index contributed by atoms with van der Waals surface area (Å²) in [5, 5.41) is 16.5. The van der Waals surface area contributed by atoms with Crippen LogP contribution in [0.4, 0.5) is 10.5 Å². The number of nitrogens with one attached hydrogen (secondary N) is 2. The molecule has 43 heavy (non-hydrogen) atoms. The van der Waals surface area contributed by atoms with Crippen LogP contribution in [-0.4, -0.2) is 52.0 Å². The van der Waals surface area contributed by atoms with Gasteiger partial charge in [0.1, 0.15) is 23.4 Å². The zero-order valence-corrected chi connectivity index (χ0v) is 26.4. The Morgan fingerprint density at radius 3 is 2.19 bits per heavy atom. The van der Waals surface area contributed by atoms with Crippen molar-refractivity contribution >= 4 is 29.5 Å². The number of amides is 4. The second kappa shape index (κ2) is 16.5. The number of carbonyl (C=O) groups is 4. The SMILES string of the molecule is CCCCCCCCN(C(=O)C(CC(N)=O)NC(=O)OC(C)(C)C)C(C(=O)Nc1ccccc1C)c1cccc(C)c1O. The first-order chi connectivity index (χ1) is 20.2. The number of para-hydroxylation sites is 2. The van der Waals surface area contributed by atoms with Crippen molar-refractivity contribution in [2.75, 3.05) is 11.9 Å². The zero-order chi connectivity index (χ0) is 32.2. The smallest absolute Gasteiger partial charge is 0.408 e. The van der Waals surface area contributed by atoms with Crippen LogP contribution in [-0.2, 0) is 19.1 Å². The van der Waals surface area contributed by atoms with Crippen LogP contribution in [0.15, 0.2) is 42.5 Å². The predicted octanol–water partition coefficient (Wildman–Crippen LogP) is 5.65. The van der Waals surface area contributed by atoms with Gasteiger partial charge in [-0.2, -0.15) is 0 Å². The molecule has 0 aliphatic rings. The number of hydrogen-bond donors (Lipinski definition) is 4. The van der Waals surface area contributed by atoms with E-state index in [4.69, 9.17) is 10.5 Å². The summed E-state index contributed by atoms with van der Waals surface area (Å²) in [4.78, 5) is 54.4. The molecule has 2 atom stereocenters. The molecule has 0 heterocycles. The number of hydrogen-bond acceptors (Lipinski definition) is 6. The number of nitrogens with two attached hydrogens (primary N) is 1. The van der Waals surface area contributed by atoms with Crippen molar-refractivity contribution in [1.29, 1.82) is 0 Å². The van der Waals surface area contributed by atoms with Gasteiger partial charge in [-0.15, -0.1) is 0 Å². The van der Waals surface area contributed by atoms with E-state index in [0.29, 0.717) is 17.7 Å². The molecule has 0 spiro atoms. The summed E-state index contributed by atoms with van der Waals surface area (Å²) in [6.45, 7) is 10.8. The number of aryl methyl sites for hydroxylation is 2. The number of ether oxygens (including phenoxy) is 1. The topological polar surface area (TPSA) is 151 Å². The van der Waals surface area contributed by atoms with Crippen LogP contribution in [0.1, 0.15) is 95.4 Å². The fourth-order valence-corrected chi connectivity index (χ4v) is 4.75. The molecular formula is C33H48N4O6. The van der Waals surface area contributed by atoms with Crippen LogP contribution >= 0.6 is 0 Å². The normalized spacial score (nSPS) is 12.6. The standard InChI is InChI=1S/C33H48N4O6/c1-7-8-9-10-11-14-20-37(31(41)26(21-27(34)38)36-32(42)43-33(4,5)6)28(24-18-15-17-23(3)29(24)39)30(40)35-25-19-13-12-16-22(25)2/h12-13,15-19,26,28,39H,7-11,14,20-21H2,1-6H3,(H2,34,38)(H,35,40)(H,36,42). The Bertz CT molecular complexity index is 1260. The highest BCUT2D eigenvalue weighted by atomic mass is 16.6. The molecule has 2 unspecified atom stereocenters. The van der Waals surface area contributed by atoms with Crippen molar-refractivity contribution in [1.82, 2.24) is 10.2 Å². The highest BCUT2D eigenvalue weighted by molar-refractivity contribution is 6.00. The molecule has 0 radical (unpaired) electrons. The number of carbonyl (C=O) groups excluding carboxylic acids is 4. The Morgan fingerprint density at radius 2 is 1.56 bits per heavy atom. The molecule has 0 aromatic heterocycles. The van der Waals surface area contributed by atoms with E-state index in [2.05, 4.69) is 17.6 Å². The number of unbranched alkanes of at least 4 members (excludes halogenated alkanes) is 5. The van der Waals surface area contributed by atoms with Crippen molar-refractivity contribution in [2.24, 2.45) is 5.73 Å². The average Bonchev–Trinajstić information content (AvgIpc) is 2.91. The predicted molar refractivity (Wildman–Crippen MR) is 167 cm³/mol. The quantitative estimate of drug-likeness (QED) is 0.195. The fourth-order valence-electron chi connectivity index (χ4n) is 4.75. The minimum atomic E-state index is -1.40. The number of anilines is 1. The number of nitrogens with zero attached hydrogens (tertiary/aromatic N) is 1. The Labute approximate surface area is 255 Å². The van der Waals surface area contributed by atoms with E-state index in [1.807, 2.05) is 19.1 Å². The maximum Gasteiger partial charge on any atom is 0.408 e. The molecule has 236 valence electrons. The zero-order valence-electron chi connectivity index (χ0n) is 26.4. The summed E-state index contributed by atoms with van der Waals surface area (Å²) in [6, 6.07) is 9.56. The monoisotopic (exact) mass is 596 g/mol. The van der Waals surface area contributed by atoms with Crippen LogP contribution < -0.4 is 16.4 Å². The van der Waals surface area contributed by atoms with Crippen molar-refractivity contribution in [3.63, 3.8) is 0 Å². The molecule has 0 aliphatic carbocycles. The highest BCUT2D eigenvalue weighted by Gasteiger charge is 2.38. The Morgan fingerprint density at radius 1 is 0.930 bits per heavy atom. The van der Waals surface area contributed by atoms with E-state index in [0.717, 1.165) is 37.7 Å². The van der Waals surface area contributed by atoms with Gasteiger partial charge in [-0.25, -0.2) is 4.79 Å². The lowest BCUT2D eigenvalue weighted by Gasteiger charge is -2.35. The molecule has 4 amide bonds. The van der Waals surface area contributed by atoms with Gasteiger partial charge in [0.15, 0.2) is 0 Å². The summed E-state index contributed by atoms with van der Waals surface area (Å²) < 4.78 is 5.34.